The zero-order chi connectivity index (χ0) is 18.5. The van der Waals surface area contributed by atoms with Crippen LogP contribution < -0.4 is 10.6 Å². The number of nitrogens with one attached hydrogen (secondary N) is 2. The smallest absolute Gasteiger partial charge is 0.291 e. The summed E-state index contributed by atoms with van der Waals surface area (Å²) in [4.78, 5) is 24.2. The largest absolute Gasteiger partial charge is 0.459 e. The van der Waals surface area contributed by atoms with Crippen LogP contribution >= 0.6 is 0 Å². The molecule has 2 aromatic heterocycles. The Morgan fingerprint density at radius 2 is 1.85 bits per heavy atom. The molecular formula is C19H19N3O4. The fourth-order valence-electron chi connectivity index (χ4n) is 2.60. The average Bonchev–Trinajstić information content (AvgIpc) is 3.24. The molecule has 2 amide bonds. The number of carbonyl (C=O) groups excluding carboxylic acids is 2. The summed E-state index contributed by atoms with van der Waals surface area (Å²) in [5.74, 6) is 0.480. The van der Waals surface area contributed by atoms with E-state index in [4.69, 9.17) is 8.94 Å². The van der Waals surface area contributed by atoms with Crippen molar-refractivity contribution in [3.8, 4) is 0 Å². The Labute approximate surface area is 150 Å². The van der Waals surface area contributed by atoms with Crippen LogP contribution in [0, 0.1) is 13.8 Å². The summed E-state index contributed by atoms with van der Waals surface area (Å²) in [7, 11) is 0. The highest BCUT2D eigenvalue weighted by Gasteiger charge is 2.12. The van der Waals surface area contributed by atoms with Crippen LogP contribution in [-0.2, 0) is 11.2 Å². The minimum Gasteiger partial charge on any atom is -0.459 e. The standard InChI is InChI=1S/C19H19N3O4/c1-12-16(13(2)26-22-12)8-9-18(23)20-14-5-3-6-15(11-14)21-19(24)17-7-4-10-25-17/h3-7,10-11H,8-9H2,1-2H3,(H,20,23)(H,21,24). The number of aryl methyl sites for hydroxylation is 2. The molecule has 0 radical (unpaired) electrons. The quantitative estimate of drug-likeness (QED) is 0.704. The first-order valence-electron chi connectivity index (χ1n) is 8.19. The van der Waals surface area contributed by atoms with Crippen LogP contribution in [0.5, 0.6) is 0 Å². The Balaban J connectivity index is 1.58. The molecule has 0 bridgehead atoms. The van der Waals surface area contributed by atoms with Crippen molar-refractivity contribution in [3.05, 3.63) is 65.4 Å². The van der Waals surface area contributed by atoms with Gasteiger partial charge in [-0.2, -0.15) is 0 Å². The Kier molecular flexibility index (Phi) is 5.17. The third-order valence-corrected chi connectivity index (χ3v) is 3.93. The minimum atomic E-state index is -0.350. The molecule has 7 nitrogen and oxygen atoms in total. The normalized spacial score (nSPS) is 10.5. The Bertz CT molecular complexity index is 893. The van der Waals surface area contributed by atoms with Crippen molar-refractivity contribution >= 4 is 23.2 Å². The highest BCUT2D eigenvalue weighted by molar-refractivity contribution is 6.02. The molecule has 3 rings (SSSR count). The second-order valence-corrected chi connectivity index (χ2v) is 5.86. The van der Waals surface area contributed by atoms with E-state index >= 15 is 0 Å². The van der Waals surface area contributed by atoms with Crippen LogP contribution in [-0.4, -0.2) is 17.0 Å². The van der Waals surface area contributed by atoms with Gasteiger partial charge < -0.3 is 19.6 Å². The molecule has 0 aliphatic carbocycles. The number of rotatable bonds is 6. The lowest BCUT2D eigenvalue weighted by molar-refractivity contribution is -0.116. The summed E-state index contributed by atoms with van der Waals surface area (Å²) >= 11 is 0. The van der Waals surface area contributed by atoms with E-state index in [-0.39, 0.29) is 17.6 Å². The summed E-state index contributed by atoms with van der Waals surface area (Å²) < 4.78 is 10.2. The maximum absolute atomic E-state index is 12.2. The third-order valence-electron chi connectivity index (χ3n) is 3.93. The number of nitrogens with zero attached hydrogens (tertiary/aromatic N) is 1. The van der Waals surface area contributed by atoms with Crippen LogP contribution in [0.4, 0.5) is 11.4 Å². The van der Waals surface area contributed by atoms with E-state index in [1.807, 2.05) is 13.8 Å². The van der Waals surface area contributed by atoms with Gasteiger partial charge in [0.1, 0.15) is 5.76 Å². The van der Waals surface area contributed by atoms with Crippen LogP contribution in [0.3, 0.4) is 0 Å². The van der Waals surface area contributed by atoms with Gasteiger partial charge in [-0.3, -0.25) is 9.59 Å². The molecule has 0 unspecified atom stereocenters. The summed E-state index contributed by atoms with van der Waals surface area (Å²) in [6, 6.07) is 10.2. The maximum Gasteiger partial charge on any atom is 0.291 e. The molecule has 0 saturated heterocycles. The summed E-state index contributed by atoms with van der Waals surface area (Å²) in [6.45, 7) is 3.69. The molecule has 26 heavy (non-hydrogen) atoms. The van der Waals surface area contributed by atoms with Gasteiger partial charge in [0.25, 0.3) is 5.91 Å². The van der Waals surface area contributed by atoms with E-state index in [2.05, 4.69) is 15.8 Å². The lowest BCUT2D eigenvalue weighted by Crippen LogP contribution is -2.14. The van der Waals surface area contributed by atoms with Crippen molar-refractivity contribution in [2.75, 3.05) is 10.6 Å². The fraction of sp³-hybridized carbons (Fsp3) is 0.211. The maximum atomic E-state index is 12.2. The lowest BCUT2D eigenvalue weighted by atomic mass is 10.1. The number of hydrogen-bond acceptors (Lipinski definition) is 5. The second kappa shape index (κ2) is 7.69. The molecule has 0 aliphatic heterocycles. The van der Waals surface area contributed by atoms with Gasteiger partial charge in [-0.1, -0.05) is 11.2 Å². The number of anilines is 2. The van der Waals surface area contributed by atoms with Crippen molar-refractivity contribution in [2.45, 2.75) is 26.7 Å². The highest BCUT2D eigenvalue weighted by Crippen LogP contribution is 2.18. The predicted octanol–water partition coefficient (Wildman–Crippen LogP) is 3.71. The van der Waals surface area contributed by atoms with E-state index in [1.165, 1.54) is 6.26 Å². The van der Waals surface area contributed by atoms with Crippen LogP contribution in [0.2, 0.25) is 0 Å². The molecule has 7 heteroatoms. The van der Waals surface area contributed by atoms with E-state index in [0.717, 1.165) is 17.0 Å². The van der Waals surface area contributed by atoms with Gasteiger partial charge in [-0.15, -0.1) is 0 Å². The molecule has 2 N–H and O–H groups in total. The second-order valence-electron chi connectivity index (χ2n) is 5.86. The third kappa shape index (κ3) is 4.18. The topological polar surface area (TPSA) is 97.4 Å². The van der Waals surface area contributed by atoms with Gasteiger partial charge >= 0.3 is 0 Å². The molecule has 0 saturated carbocycles. The Morgan fingerprint density at radius 3 is 2.50 bits per heavy atom. The molecule has 1 aromatic carbocycles. The number of aromatic nitrogens is 1. The zero-order valence-electron chi connectivity index (χ0n) is 14.5. The van der Waals surface area contributed by atoms with Gasteiger partial charge in [0.05, 0.1) is 12.0 Å². The number of benzene rings is 1. The van der Waals surface area contributed by atoms with Gasteiger partial charge in [0.15, 0.2) is 5.76 Å². The van der Waals surface area contributed by atoms with Gasteiger partial charge in [0.2, 0.25) is 5.91 Å². The van der Waals surface area contributed by atoms with Crippen molar-refractivity contribution < 1.29 is 18.5 Å². The highest BCUT2D eigenvalue weighted by atomic mass is 16.5. The Hall–Kier alpha value is -3.35. The van der Waals surface area contributed by atoms with E-state index in [0.29, 0.717) is 24.2 Å². The van der Waals surface area contributed by atoms with E-state index < -0.39 is 0 Å². The first kappa shape index (κ1) is 17.5. The van der Waals surface area contributed by atoms with Gasteiger partial charge in [0, 0.05) is 23.4 Å². The molecule has 3 aromatic rings. The van der Waals surface area contributed by atoms with E-state index in [9.17, 15) is 9.59 Å². The summed E-state index contributed by atoms with van der Waals surface area (Å²) in [6.07, 6.45) is 2.30. The molecular weight excluding hydrogens is 334 g/mol. The summed E-state index contributed by atoms with van der Waals surface area (Å²) in [5, 5.41) is 9.43. The monoisotopic (exact) mass is 353 g/mol. The number of furan rings is 1. The number of amides is 2. The predicted molar refractivity (Wildman–Crippen MR) is 96.0 cm³/mol. The number of carbonyl (C=O) groups is 2. The average molecular weight is 353 g/mol. The van der Waals surface area contributed by atoms with Crippen molar-refractivity contribution in [1.82, 2.24) is 5.16 Å². The summed E-state index contributed by atoms with van der Waals surface area (Å²) in [5.41, 5.74) is 2.93. The van der Waals surface area contributed by atoms with Crippen LogP contribution in [0.25, 0.3) is 0 Å². The molecule has 0 atom stereocenters. The van der Waals surface area contributed by atoms with Gasteiger partial charge in [-0.25, -0.2) is 0 Å². The van der Waals surface area contributed by atoms with Crippen molar-refractivity contribution in [2.24, 2.45) is 0 Å². The fourth-order valence-corrected chi connectivity index (χ4v) is 2.60. The number of hydrogen-bond donors (Lipinski definition) is 2. The minimum absolute atomic E-state index is 0.125. The van der Waals surface area contributed by atoms with Crippen LogP contribution in [0.1, 0.15) is 34.0 Å². The van der Waals surface area contributed by atoms with Crippen molar-refractivity contribution in [3.63, 3.8) is 0 Å². The first-order valence-corrected chi connectivity index (χ1v) is 8.19. The molecule has 2 heterocycles. The van der Waals surface area contributed by atoms with Gasteiger partial charge in [-0.05, 0) is 50.6 Å². The first-order chi connectivity index (χ1) is 12.5. The molecule has 0 aliphatic rings. The molecule has 0 spiro atoms. The zero-order valence-corrected chi connectivity index (χ0v) is 14.5. The van der Waals surface area contributed by atoms with Crippen LogP contribution in [0.15, 0.2) is 51.6 Å². The van der Waals surface area contributed by atoms with E-state index in [1.54, 1.807) is 36.4 Å². The molecule has 0 fully saturated rings. The van der Waals surface area contributed by atoms with Crippen molar-refractivity contribution in [1.29, 1.82) is 0 Å². The molecule has 134 valence electrons. The SMILES string of the molecule is Cc1noc(C)c1CCC(=O)Nc1cccc(NC(=O)c2ccco2)c1. The lowest BCUT2D eigenvalue weighted by Gasteiger charge is -2.08. The Morgan fingerprint density at radius 1 is 1.08 bits per heavy atom.